The first-order valence-electron chi connectivity index (χ1n) is 9.26. The molecule has 0 radical (unpaired) electrons. The minimum atomic E-state index is -0.849. The SMILES string of the molecule is C[C@@H]1CC(=O)Nc2ccccc2N1C(=O)COC(=O)CNC(=O)c1ccccc1F. The zero-order chi connectivity index (χ0) is 21.7. The third-order valence-electron chi connectivity index (χ3n) is 4.50. The van der Waals surface area contributed by atoms with Crippen molar-refractivity contribution in [2.24, 2.45) is 0 Å². The number of benzene rings is 2. The fourth-order valence-electron chi connectivity index (χ4n) is 3.12. The second-order valence-electron chi connectivity index (χ2n) is 6.71. The lowest BCUT2D eigenvalue weighted by molar-refractivity contribution is -0.146. The molecular formula is C21H20FN3O5. The smallest absolute Gasteiger partial charge is 0.325 e. The molecule has 0 aliphatic carbocycles. The summed E-state index contributed by atoms with van der Waals surface area (Å²) in [6, 6.07) is 11.7. The van der Waals surface area contributed by atoms with Crippen molar-refractivity contribution >= 4 is 35.1 Å². The largest absolute Gasteiger partial charge is 0.454 e. The van der Waals surface area contributed by atoms with Crippen molar-refractivity contribution in [2.45, 2.75) is 19.4 Å². The van der Waals surface area contributed by atoms with Crippen LogP contribution in [0.3, 0.4) is 0 Å². The van der Waals surface area contributed by atoms with Crippen molar-refractivity contribution in [3.05, 3.63) is 59.9 Å². The van der Waals surface area contributed by atoms with Crippen LogP contribution in [0.5, 0.6) is 0 Å². The van der Waals surface area contributed by atoms with Gasteiger partial charge < -0.3 is 20.3 Å². The number of halogens is 1. The summed E-state index contributed by atoms with van der Waals surface area (Å²) in [6.45, 7) is 0.629. The Bertz CT molecular complexity index is 994. The number of amides is 3. The highest BCUT2D eigenvalue weighted by molar-refractivity contribution is 6.05. The van der Waals surface area contributed by atoms with Gasteiger partial charge in [0.25, 0.3) is 11.8 Å². The molecule has 30 heavy (non-hydrogen) atoms. The molecule has 9 heteroatoms. The Kier molecular flexibility index (Phi) is 6.41. The summed E-state index contributed by atoms with van der Waals surface area (Å²) in [5, 5.41) is 4.99. The first-order valence-corrected chi connectivity index (χ1v) is 9.26. The summed E-state index contributed by atoms with van der Waals surface area (Å²) in [5.41, 5.74) is 0.793. The lowest BCUT2D eigenvalue weighted by atomic mass is 10.1. The fourth-order valence-corrected chi connectivity index (χ4v) is 3.12. The molecule has 156 valence electrons. The summed E-state index contributed by atoms with van der Waals surface area (Å²) < 4.78 is 18.5. The predicted octanol–water partition coefficient (Wildman–Crippen LogP) is 1.86. The van der Waals surface area contributed by atoms with Crippen LogP contribution in [-0.2, 0) is 19.1 Å². The number of esters is 1. The minimum Gasteiger partial charge on any atom is -0.454 e. The van der Waals surface area contributed by atoms with Crippen molar-refractivity contribution in [1.29, 1.82) is 0 Å². The Morgan fingerprint density at radius 1 is 1.17 bits per heavy atom. The molecule has 2 aromatic carbocycles. The molecule has 3 rings (SSSR count). The number of carbonyl (C=O) groups is 4. The summed E-state index contributed by atoms with van der Waals surface area (Å²) in [7, 11) is 0. The van der Waals surface area contributed by atoms with Crippen molar-refractivity contribution in [3.8, 4) is 0 Å². The van der Waals surface area contributed by atoms with E-state index in [2.05, 4.69) is 10.6 Å². The van der Waals surface area contributed by atoms with Gasteiger partial charge in [0.15, 0.2) is 6.61 Å². The first kappa shape index (κ1) is 21.0. The molecule has 1 atom stereocenters. The lowest BCUT2D eigenvalue weighted by Crippen LogP contribution is -2.42. The number of hydrogen-bond acceptors (Lipinski definition) is 5. The van der Waals surface area contributed by atoms with Crippen LogP contribution in [0.15, 0.2) is 48.5 Å². The van der Waals surface area contributed by atoms with E-state index in [1.54, 1.807) is 31.2 Å². The van der Waals surface area contributed by atoms with Crippen LogP contribution >= 0.6 is 0 Å². The lowest BCUT2D eigenvalue weighted by Gasteiger charge is -2.27. The average molecular weight is 413 g/mol. The van der Waals surface area contributed by atoms with E-state index in [0.717, 1.165) is 6.07 Å². The average Bonchev–Trinajstić information content (AvgIpc) is 2.84. The Balaban J connectivity index is 1.58. The minimum absolute atomic E-state index is 0.0903. The standard InChI is InChI=1S/C21H20FN3O5/c1-13-10-18(26)24-16-8-4-5-9-17(16)25(13)19(27)12-30-20(28)11-23-21(29)14-6-2-3-7-15(14)22/h2-9,13H,10-12H2,1H3,(H,23,29)(H,24,26)/t13-/m1/s1. The van der Waals surface area contributed by atoms with Crippen LogP contribution in [0.2, 0.25) is 0 Å². The van der Waals surface area contributed by atoms with E-state index >= 15 is 0 Å². The van der Waals surface area contributed by atoms with Gasteiger partial charge >= 0.3 is 5.97 Å². The normalized spacial score (nSPS) is 15.5. The Morgan fingerprint density at radius 3 is 2.63 bits per heavy atom. The summed E-state index contributed by atoms with van der Waals surface area (Å²) >= 11 is 0. The summed E-state index contributed by atoms with van der Waals surface area (Å²) in [5.74, 6) is -3.07. The Labute approximate surface area is 172 Å². The predicted molar refractivity (Wildman–Crippen MR) is 106 cm³/mol. The van der Waals surface area contributed by atoms with Crippen LogP contribution in [-0.4, -0.2) is 42.9 Å². The number of nitrogens with one attached hydrogen (secondary N) is 2. The maximum absolute atomic E-state index is 13.6. The molecule has 2 aromatic rings. The monoisotopic (exact) mass is 413 g/mol. The second kappa shape index (κ2) is 9.17. The number of rotatable bonds is 5. The van der Waals surface area contributed by atoms with Crippen molar-refractivity contribution in [3.63, 3.8) is 0 Å². The van der Waals surface area contributed by atoms with Crippen molar-refractivity contribution < 1.29 is 28.3 Å². The van der Waals surface area contributed by atoms with Crippen LogP contribution in [0.25, 0.3) is 0 Å². The number of anilines is 2. The Hall–Kier alpha value is -3.75. The highest BCUT2D eigenvalue weighted by atomic mass is 19.1. The zero-order valence-electron chi connectivity index (χ0n) is 16.2. The van der Waals surface area contributed by atoms with E-state index < -0.39 is 42.8 Å². The molecule has 8 nitrogen and oxygen atoms in total. The van der Waals surface area contributed by atoms with E-state index in [-0.39, 0.29) is 17.9 Å². The van der Waals surface area contributed by atoms with Crippen molar-refractivity contribution in [2.75, 3.05) is 23.4 Å². The summed E-state index contributed by atoms with van der Waals surface area (Å²) in [6.07, 6.45) is 0.0903. The number of hydrogen-bond donors (Lipinski definition) is 2. The molecule has 1 aliphatic rings. The number of nitrogens with zero attached hydrogens (tertiary/aromatic N) is 1. The number of ether oxygens (including phenoxy) is 1. The molecule has 1 aliphatic heterocycles. The van der Waals surface area contributed by atoms with E-state index in [9.17, 15) is 23.6 Å². The van der Waals surface area contributed by atoms with Crippen LogP contribution < -0.4 is 15.5 Å². The number of carbonyl (C=O) groups excluding carboxylic acids is 4. The molecule has 2 N–H and O–H groups in total. The highest BCUT2D eigenvalue weighted by Crippen LogP contribution is 2.31. The molecule has 0 unspecified atom stereocenters. The highest BCUT2D eigenvalue weighted by Gasteiger charge is 2.30. The van der Waals surface area contributed by atoms with Gasteiger partial charge in [-0.3, -0.25) is 19.2 Å². The third-order valence-corrected chi connectivity index (χ3v) is 4.50. The molecule has 0 saturated heterocycles. The number of fused-ring (bicyclic) bond motifs is 1. The van der Waals surface area contributed by atoms with E-state index in [1.165, 1.54) is 23.1 Å². The van der Waals surface area contributed by atoms with Gasteiger partial charge in [-0.25, -0.2) is 4.39 Å². The van der Waals surface area contributed by atoms with Gasteiger partial charge in [0.05, 0.1) is 16.9 Å². The topological polar surface area (TPSA) is 105 Å². The molecule has 0 bridgehead atoms. The molecule has 0 fully saturated rings. The maximum Gasteiger partial charge on any atom is 0.325 e. The second-order valence-corrected chi connectivity index (χ2v) is 6.71. The van der Waals surface area contributed by atoms with E-state index in [4.69, 9.17) is 4.74 Å². The molecule has 0 aromatic heterocycles. The van der Waals surface area contributed by atoms with Gasteiger partial charge in [-0.05, 0) is 31.2 Å². The van der Waals surface area contributed by atoms with E-state index in [1.807, 2.05) is 0 Å². The van der Waals surface area contributed by atoms with Gasteiger partial charge in [-0.15, -0.1) is 0 Å². The maximum atomic E-state index is 13.6. The first-order chi connectivity index (χ1) is 14.4. The van der Waals surface area contributed by atoms with Gasteiger partial charge in [0.2, 0.25) is 5.91 Å². The molecule has 1 heterocycles. The molecular weight excluding hydrogens is 393 g/mol. The van der Waals surface area contributed by atoms with Gasteiger partial charge in [-0.2, -0.15) is 0 Å². The van der Waals surface area contributed by atoms with Crippen molar-refractivity contribution in [1.82, 2.24) is 5.32 Å². The summed E-state index contributed by atoms with van der Waals surface area (Å²) in [4.78, 5) is 50.0. The van der Waals surface area contributed by atoms with Gasteiger partial charge in [0, 0.05) is 12.5 Å². The molecule has 0 spiro atoms. The Morgan fingerprint density at radius 2 is 1.87 bits per heavy atom. The van der Waals surface area contributed by atoms with Crippen LogP contribution in [0.4, 0.5) is 15.8 Å². The number of para-hydroxylation sites is 2. The van der Waals surface area contributed by atoms with Gasteiger partial charge in [-0.1, -0.05) is 24.3 Å². The van der Waals surface area contributed by atoms with Crippen LogP contribution in [0.1, 0.15) is 23.7 Å². The molecule has 0 saturated carbocycles. The molecule has 3 amide bonds. The quantitative estimate of drug-likeness (QED) is 0.728. The van der Waals surface area contributed by atoms with E-state index in [0.29, 0.717) is 11.4 Å². The zero-order valence-corrected chi connectivity index (χ0v) is 16.2. The fraction of sp³-hybridized carbons (Fsp3) is 0.238. The van der Waals surface area contributed by atoms with Gasteiger partial charge in [0.1, 0.15) is 12.4 Å². The third kappa shape index (κ3) is 4.80. The van der Waals surface area contributed by atoms with Crippen LogP contribution in [0, 0.1) is 5.82 Å².